The van der Waals surface area contributed by atoms with Crippen molar-refractivity contribution in [2.75, 3.05) is 0 Å². The Morgan fingerprint density at radius 2 is 1.69 bits per heavy atom. The number of nitrogens with one attached hydrogen (secondary N) is 2. The van der Waals surface area contributed by atoms with Crippen LogP contribution in [0.2, 0.25) is 0 Å². The summed E-state index contributed by atoms with van der Waals surface area (Å²) in [6.07, 6.45) is 2.51. The third-order valence-electron chi connectivity index (χ3n) is 6.68. The molecule has 0 heterocycles. The van der Waals surface area contributed by atoms with Crippen LogP contribution in [0.15, 0.2) is 24.3 Å². The summed E-state index contributed by atoms with van der Waals surface area (Å²) in [5.74, 6) is -0.438. The van der Waals surface area contributed by atoms with Gasteiger partial charge in [-0.1, -0.05) is 52.7 Å². The van der Waals surface area contributed by atoms with E-state index in [0.29, 0.717) is 12.0 Å². The lowest BCUT2D eigenvalue weighted by Gasteiger charge is -2.37. The molecule has 0 aliphatic heterocycles. The molecule has 0 saturated heterocycles. The highest BCUT2D eigenvalue weighted by molar-refractivity contribution is 5.93. The van der Waals surface area contributed by atoms with Crippen LogP contribution in [-0.2, 0) is 14.3 Å². The number of hydrogen-bond donors (Lipinski definition) is 3. The van der Waals surface area contributed by atoms with Crippen LogP contribution in [0.4, 0.5) is 4.79 Å². The molecule has 3 N–H and O–H groups in total. The maximum atomic E-state index is 14.2. The van der Waals surface area contributed by atoms with Gasteiger partial charge in [0.1, 0.15) is 23.4 Å². The second-order valence-corrected chi connectivity index (χ2v) is 11.2. The minimum atomic E-state index is -0.889. The summed E-state index contributed by atoms with van der Waals surface area (Å²) in [7, 11) is 0. The minimum absolute atomic E-state index is 0.0547. The summed E-state index contributed by atoms with van der Waals surface area (Å²) in [5.41, 5.74) is -0.0940. The van der Waals surface area contributed by atoms with E-state index in [-0.39, 0.29) is 41.5 Å². The van der Waals surface area contributed by atoms with E-state index >= 15 is 0 Å². The van der Waals surface area contributed by atoms with E-state index in [9.17, 15) is 19.5 Å². The number of ether oxygens (including phenoxy) is 1. The molecule has 1 aromatic rings. The van der Waals surface area contributed by atoms with Crippen LogP contribution in [0.1, 0.15) is 92.7 Å². The molecule has 202 valence electrons. The van der Waals surface area contributed by atoms with Gasteiger partial charge < -0.3 is 25.4 Å². The number of benzene rings is 1. The Bertz CT molecular complexity index is 895. The Morgan fingerprint density at radius 1 is 1.11 bits per heavy atom. The van der Waals surface area contributed by atoms with Crippen molar-refractivity contribution >= 4 is 17.9 Å². The molecule has 3 amide bonds. The van der Waals surface area contributed by atoms with Crippen molar-refractivity contribution in [1.82, 2.24) is 15.5 Å². The normalized spacial score (nSPS) is 20.4. The van der Waals surface area contributed by atoms with Gasteiger partial charge in [0.25, 0.3) is 0 Å². The number of aromatic hydroxyl groups is 1. The summed E-state index contributed by atoms with van der Waals surface area (Å²) < 4.78 is 5.45. The predicted octanol–water partition coefficient (Wildman–Crippen LogP) is 4.91. The molecule has 8 nitrogen and oxygen atoms in total. The molecule has 6 unspecified atom stereocenters. The Labute approximate surface area is 216 Å². The Morgan fingerprint density at radius 3 is 2.17 bits per heavy atom. The second-order valence-electron chi connectivity index (χ2n) is 11.2. The number of nitrogens with zero attached hydrogens (tertiary/aromatic N) is 1. The lowest BCUT2D eigenvalue weighted by molar-refractivity contribution is -0.144. The number of phenols is 1. The fraction of sp³-hybridized carbons (Fsp3) is 0.679. The van der Waals surface area contributed by atoms with Gasteiger partial charge in [-0.2, -0.15) is 0 Å². The summed E-state index contributed by atoms with van der Waals surface area (Å²) >= 11 is 0. The molecule has 1 aliphatic rings. The standard InChI is InChI=1S/C28H45N3O5/c1-9-11-19(5)29-25(33)24(20-12-14-21(32)15-13-20)31(22-16-18(22)4)26(34)23(17(3)10-2)30-27(35)36-28(6,7)8/h12-15,17-19,22-24,32H,9-11,16H2,1-8H3,(H,29,33)(H,30,35). The highest BCUT2D eigenvalue weighted by Crippen LogP contribution is 2.41. The van der Waals surface area contributed by atoms with E-state index < -0.39 is 23.8 Å². The highest BCUT2D eigenvalue weighted by Gasteiger charge is 2.49. The Hall–Kier alpha value is -2.77. The summed E-state index contributed by atoms with van der Waals surface area (Å²) in [6, 6.07) is 4.48. The zero-order valence-electron chi connectivity index (χ0n) is 23.1. The fourth-order valence-electron chi connectivity index (χ4n) is 4.37. The van der Waals surface area contributed by atoms with Gasteiger partial charge in [-0.25, -0.2) is 4.79 Å². The predicted molar refractivity (Wildman–Crippen MR) is 140 cm³/mol. The summed E-state index contributed by atoms with van der Waals surface area (Å²) in [6.45, 7) is 15.2. The molecule has 1 aromatic carbocycles. The van der Waals surface area contributed by atoms with Gasteiger partial charge in [0.2, 0.25) is 11.8 Å². The number of amides is 3. The van der Waals surface area contributed by atoms with Gasteiger partial charge in [-0.15, -0.1) is 0 Å². The minimum Gasteiger partial charge on any atom is -0.508 e. The number of carbonyl (C=O) groups excluding carboxylic acids is 3. The van der Waals surface area contributed by atoms with Crippen molar-refractivity contribution < 1.29 is 24.2 Å². The van der Waals surface area contributed by atoms with Crippen LogP contribution < -0.4 is 10.6 Å². The molecule has 8 heteroatoms. The molecule has 1 saturated carbocycles. The first kappa shape index (κ1) is 29.5. The van der Waals surface area contributed by atoms with Gasteiger partial charge in [-0.3, -0.25) is 9.59 Å². The molecule has 0 radical (unpaired) electrons. The quantitative estimate of drug-likeness (QED) is 0.397. The van der Waals surface area contributed by atoms with Crippen LogP contribution in [-0.4, -0.2) is 51.6 Å². The smallest absolute Gasteiger partial charge is 0.408 e. The van der Waals surface area contributed by atoms with Gasteiger partial charge in [0.05, 0.1) is 0 Å². The lowest BCUT2D eigenvalue weighted by Crippen LogP contribution is -2.56. The molecule has 6 atom stereocenters. The highest BCUT2D eigenvalue weighted by atomic mass is 16.6. The molecular weight excluding hydrogens is 458 g/mol. The average molecular weight is 504 g/mol. The number of phenolic OH excluding ortho intramolecular Hbond substituents is 1. The van der Waals surface area contributed by atoms with Gasteiger partial charge >= 0.3 is 6.09 Å². The van der Waals surface area contributed by atoms with E-state index in [1.165, 1.54) is 12.1 Å². The van der Waals surface area contributed by atoms with E-state index in [4.69, 9.17) is 4.74 Å². The molecular formula is C28H45N3O5. The molecule has 0 aromatic heterocycles. The number of rotatable bonds is 11. The lowest BCUT2D eigenvalue weighted by atomic mass is 9.95. The third-order valence-corrected chi connectivity index (χ3v) is 6.68. The largest absolute Gasteiger partial charge is 0.508 e. The van der Waals surface area contributed by atoms with Crippen molar-refractivity contribution in [3.63, 3.8) is 0 Å². The van der Waals surface area contributed by atoms with Crippen molar-refractivity contribution in [3.8, 4) is 5.75 Å². The number of alkyl carbamates (subject to hydrolysis) is 1. The van der Waals surface area contributed by atoms with Crippen LogP contribution in [0.5, 0.6) is 5.75 Å². The summed E-state index contributed by atoms with van der Waals surface area (Å²) in [5, 5.41) is 15.7. The monoisotopic (exact) mass is 503 g/mol. The topological polar surface area (TPSA) is 108 Å². The summed E-state index contributed by atoms with van der Waals surface area (Å²) in [4.78, 5) is 42.2. The van der Waals surface area contributed by atoms with Gasteiger partial charge in [0, 0.05) is 12.1 Å². The van der Waals surface area contributed by atoms with Gasteiger partial charge in [0.15, 0.2) is 0 Å². The van der Waals surface area contributed by atoms with Crippen LogP contribution in [0.25, 0.3) is 0 Å². The number of carbonyl (C=O) groups is 3. The van der Waals surface area contributed by atoms with Crippen molar-refractivity contribution in [1.29, 1.82) is 0 Å². The van der Waals surface area contributed by atoms with Crippen molar-refractivity contribution in [2.45, 2.75) is 111 Å². The van der Waals surface area contributed by atoms with E-state index in [1.807, 2.05) is 20.8 Å². The second kappa shape index (κ2) is 12.5. The van der Waals surface area contributed by atoms with Crippen LogP contribution in [0, 0.1) is 11.8 Å². The van der Waals surface area contributed by atoms with E-state index in [1.54, 1.807) is 37.8 Å². The molecule has 0 spiro atoms. The first-order valence-corrected chi connectivity index (χ1v) is 13.2. The molecule has 1 aliphatic carbocycles. The molecule has 36 heavy (non-hydrogen) atoms. The average Bonchev–Trinajstić information content (AvgIpc) is 3.50. The van der Waals surface area contributed by atoms with E-state index in [2.05, 4.69) is 24.5 Å². The molecule has 1 fully saturated rings. The van der Waals surface area contributed by atoms with Crippen molar-refractivity contribution in [2.24, 2.45) is 11.8 Å². The maximum absolute atomic E-state index is 14.2. The zero-order chi connectivity index (χ0) is 27.2. The SMILES string of the molecule is CCCC(C)NC(=O)C(c1ccc(O)cc1)N(C(=O)C(NC(=O)OC(C)(C)C)C(C)CC)C1CC1C. The fourth-order valence-corrected chi connectivity index (χ4v) is 4.37. The van der Waals surface area contributed by atoms with Crippen LogP contribution >= 0.6 is 0 Å². The van der Waals surface area contributed by atoms with Crippen molar-refractivity contribution in [3.05, 3.63) is 29.8 Å². The first-order valence-electron chi connectivity index (χ1n) is 13.2. The molecule has 0 bridgehead atoms. The third kappa shape index (κ3) is 8.14. The van der Waals surface area contributed by atoms with Crippen LogP contribution in [0.3, 0.4) is 0 Å². The van der Waals surface area contributed by atoms with Gasteiger partial charge in [-0.05, 0) is 70.1 Å². The van der Waals surface area contributed by atoms with E-state index in [0.717, 1.165) is 19.3 Å². The maximum Gasteiger partial charge on any atom is 0.408 e. The zero-order valence-corrected chi connectivity index (χ0v) is 23.1. The Kier molecular flexibility index (Phi) is 10.2. The Balaban J connectivity index is 2.49. The molecule has 2 rings (SSSR count). The first-order chi connectivity index (χ1) is 16.8. The number of hydrogen-bond acceptors (Lipinski definition) is 5.